The predicted octanol–water partition coefficient (Wildman–Crippen LogP) is 4.44. The first kappa shape index (κ1) is 12.5. The van der Waals surface area contributed by atoms with Crippen molar-refractivity contribution in [3.8, 4) is 0 Å². The van der Waals surface area contributed by atoms with Gasteiger partial charge in [0.15, 0.2) is 0 Å². The van der Waals surface area contributed by atoms with E-state index in [0.29, 0.717) is 5.25 Å². The van der Waals surface area contributed by atoms with Gasteiger partial charge in [-0.2, -0.15) is 11.8 Å². The quantitative estimate of drug-likeness (QED) is 0.777. The van der Waals surface area contributed by atoms with Gasteiger partial charge in [0.25, 0.3) is 0 Å². The molecule has 0 saturated carbocycles. The second kappa shape index (κ2) is 5.13. The number of rotatable bonds is 4. The lowest BCUT2D eigenvalue weighted by Crippen LogP contribution is -1.90. The first-order valence-corrected chi connectivity index (χ1v) is 7.05. The molecule has 0 aliphatic heterocycles. The first-order valence-electron chi connectivity index (χ1n) is 6.00. The molecule has 0 saturated heterocycles. The highest BCUT2D eigenvalue weighted by Crippen LogP contribution is 2.27. The lowest BCUT2D eigenvalue weighted by atomic mass is 10.2. The van der Waals surface area contributed by atoms with Crippen LogP contribution in [0.25, 0.3) is 10.9 Å². The second-order valence-electron chi connectivity index (χ2n) is 4.46. The van der Waals surface area contributed by atoms with E-state index in [1.54, 1.807) is 6.07 Å². The van der Waals surface area contributed by atoms with Crippen LogP contribution in [0.1, 0.15) is 26.3 Å². The topological polar surface area (TPSA) is 4.93 Å². The summed E-state index contributed by atoms with van der Waals surface area (Å²) in [5, 5.41) is 1.66. The average Bonchev–Trinajstić information content (AvgIpc) is 2.63. The van der Waals surface area contributed by atoms with Crippen LogP contribution in [0.2, 0.25) is 0 Å². The maximum atomic E-state index is 13.3. The van der Waals surface area contributed by atoms with Crippen molar-refractivity contribution >= 4 is 22.7 Å². The molecule has 1 aromatic heterocycles. The molecular weight excluding hydrogens is 233 g/mol. The lowest BCUT2D eigenvalue weighted by Gasteiger charge is -2.03. The molecule has 0 amide bonds. The van der Waals surface area contributed by atoms with Crippen LogP contribution in [0.5, 0.6) is 0 Å². The van der Waals surface area contributed by atoms with E-state index in [9.17, 15) is 4.39 Å². The number of hydrogen-bond acceptors (Lipinski definition) is 1. The zero-order chi connectivity index (χ0) is 12.4. The van der Waals surface area contributed by atoms with Crippen LogP contribution in [-0.2, 0) is 12.3 Å². The molecule has 17 heavy (non-hydrogen) atoms. The summed E-state index contributed by atoms with van der Waals surface area (Å²) < 4.78 is 15.5. The molecule has 2 rings (SSSR count). The molecule has 0 unspecified atom stereocenters. The molecule has 2 aromatic rings. The Balaban J connectivity index is 2.43. The van der Waals surface area contributed by atoms with Crippen LogP contribution in [0.4, 0.5) is 4.39 Å². The molecule has 1 nitrogen and oxygen atoms in total. The smallest absolute Gasteiger partial charge is 0.123 e. The molecule has 0 atom stereocenters. The zero-order valence-electron chi connectivity index (χ0n) is 10.5. The van der Waals surface area contributed by atoms with Crippen molar-refractivity contribution in [2.45, 2.75) is 38.3 Å². The standard InChI is InChI=1S/C14H18FNS/c1-4-16-8-11(9-17-10(2)3)13-7-12(15)5-6-14(13)16/h5-8,10H,4,9H2,1-3H3. The van der Waals surface area contributed by atoms with Gasteiger partial charge >= 0.3 is 0 Å². The minimum atomic E-state index is -0.151. The van der Waals surface area contributed by atoms with E-state index in [2.05, 4.69) is 31.5 Å². The minimum absolute atomic E-state index is 0.151. The molecule has 1 aromatic carbocycles. The summed E-state index contributed by atoms with van der Waals surface area (Å²) in [6, 6.07) is 5.06. The molecule has 0 aliphatic rings. The number of aromatic nitrogens is 1. The number of nitrogens with zero attached hydrogens (tertiary/aromatic N) is 1. The molecule has 1 heterocycles. The highest BCUT2D eigenvalue weighted by Gasteiger charge is 2.09. The van der Waals surface area contributed by atoms with Gasteiger partial charge in [-0.1, -0.05) is 13.8 Å². The van der Waals surface area contributed by atoms with Gasteiger partial charge in [0.05, 0.1) is 0 Å². The third kappa shape index (κ3) is 2.65. The largest absolute Gasteiger partial charge is 0.347 e. The van der Waals surface area contributed by atoms with Gasteiger partial charge in [-0.15, -0.1) is 0 Å². The molecule has 92 valence electrons. The van der Waals surface area contributed by atoms with Crippen LogP contribution in [-0.4, -0.2) is 9.82 Å². The molecule has 0 spiro atoms. The van der Waals surface area contributed by atoms with Crippen molar-refractivity contribution in [1.82, 2.24) is 4.57 Å². The lowest BCUT2D eigenvalue weighted by molar-refractivity contribution is 0.629. The Labute approximate surface area is 106 Å². The van der Waals surface area contributed by atoms with E-state index in [1.807, 2.05) is 17.8 Å². The van der Waals surface area contributed by atoms with Gasteiger partial charge in [0, 0.05) is 29.4 Å². The Morgan fingerprint density at radius 3 is 2.76 bits per heavy atom. The fraction of sp³-hybridized carbons (Fsp3) is 0.429. The third-order valence-corrected chi connectivity index (χ3v) is 3.98. The molecule has 0 radical (unpaired) electrons. The number of benzene rings is 1. The Kier molecular flexibility index (Phi) is 3.77. The summed E-state index contributed by atoms with van der Waals surface area (Å²) in [4.78, 5) is 0. The number of aryl methyl sites for hydroxylation is 1. The van der Waals surface area contributed by atoms with Crippen molar-refractivity contribution in [3.63, 3.8) is 0 Å². The Hall–Kier alpha value is -0.960. The fourth-order valence-electron chi connectivity index (χ4n) is 1.98. The fourth-order valence-corrected chi connectivity index (χ4v) is 2.72. The SMILES string of the molecule is CCn1cc(CSC(C)C)c2cc(F)ccc21. The van der Waals surface area contributed by atoms with E-state index in [0.717, 1.165) is 23.2 Å². The van der Waals surface area contributed by atoms with Gasteiger partial charge in [0.2, 0.25) is 0 Å². The highest BCUT2D eigenvalue weighted by atomic mass is 32.2. The van der Waals surface area contributed by atoms with Crippen LogP contribution < -0.4 is 0 Å². The Bertz CT molecular complexity index is 516. The number of fused-ring (bicyclic) bond motifs is 1. The maximum Gasteiger partial charge on any atom is 0.123 e. The zero-order valence-corrected chi connectivity index (χ0v) is 11.4. The Morgan fingerprint density at radius 1 is 1.35 bits per heavy atom. The van der Waals surface area contributed by atoms with E-state index >= 15 is 0 Å². The van der Waals surface area contributed by atoms with Gasteiger partial charge < -0.3 is 4.57 Å². The van der Waals surface area contributed by atoms with Crippen LogP contribution >= 0.6 is 11.8 Å². The summed E-state index contributed by atoms with van der Waals surface area (Å²) in [6.07, 6.45) is 2.15. The van der Waals surface area contributed by atoms with Crippen molar-refractivity contribution in [3.05, 3.63) is 35.8 Å². The van der Waals surface area contributed by atoms with E-state index < -0.39 is 0 Å². The number of hydrogen-bond donors (Lipinski definition) is 0. The maximum absolute atomic E-state index is 13.3. The van der Waals surface area contributed by atoms with E-state index in [1.165, 1.54) is 11.6 Å². The van der Waals surface area contributed by atoms with Crippen molar-refractivity contribution in [1.29, 1.82) is 0 Å². The third-order valence-electron chi connectivity index (χ3n) is 2.84. The molecule has 0 bridgehead atoms. The summed E-state index contributed by atoms with van der Waals surface area (Å²) in [6.45, 7) is 7.41. The van der Waals surface area contributed by atoms with Crippen molar-refractivity contribution < 1.29 is 4.39 Å². The summed E-state index contributed by atoms with van der Waals surface area (Å²) in [5.41, 5.74) is 2.37. The predicted molar refractivity (Wildman–Crippen MR) is 74.0 cm³/mol. The number of halogens is 1. The van der Waals surface area contributed by atoms with Gasteiger partial charge in [-0.25, -0.2) is 4.39 Å². The summed E-state index contributed by atoms with van der Waals surface area (Å²) in [5.74, 6) is 0.798. The summed E-state index contributed by atoms with van der Waals surface area (Å²) >= 11 is 1.89. The molecule has 0 fully saturated rings. The van der Waals surface area contributed by atoms with Crippen molar-refractivity contribution in [2.75, 3.05) is 0 Å². The molecule has 3 heteroatoms. The molecule has 0 N–H and O–H groups in total. The van der Waals surface area contributed by atoms with Crippen LogP contribution in [0.3, 0.4) is 0 Å². The van der Waals surface area contributed by atoms with Crippen molar-refractivity contribution in [2.24, 2.45) is 0 Å². The minimum Gasteiger partial charge on any atom is -0.347 e. The highest BCUT2D eigenvalue weighted by molar-refractivity contribution is 7.99. The molecular formula is C14H18FNS. The van der Waals surface area contributed by atoms with E-state index in [4.69, 9.17) is 0 Å². The number of thioether (sulfide) groups is 1. The van der Waals surface area contributed by atoms with Gasteiger partial charge in [0.1, 0.15) is 5.82 Å². The van der Waals surface area contributed by atoms with Crippen LogP contribution in [0.15, 0.2) is 24.4 Å². The van der Waals surface area contributed by atoms with Gasteiger partial charge in [-0.3, -0.25) is 0 Å². The Morgan fingerprint density at radius 2 is 2.12 bits per heavy atom. The normalized spacial score (nSPS) is 11.6. The average molecular weight is 251 g/mol. The summed E-state index contributed by atoms with van der Waals surface area (Å²) in [7, 11) is 0. The first-order chi connectivity index (χ1) is 8.11. The monoisotopic (exact) mass is 251 g/mol. The molecule has 0 aliphatic carbocycles. The van der Waals surface area contributed by atoms with E-state index in [-0.39, 0.29) is 5.82 Å². The van der Waals surface area contributed by atoms with Crippen LogP contribution in [0, 0.1) is 5.82 Å². The van der Waals surface area contributed by atoms with Gasteiger partial charge in [-0.05, 0) is 35.9 Å². The second-order valence-corrected chi connectivity index (χ2v) is 6.03.